The molecule has 8 bridgehead atoms. The minimum Gasteiger partial charge on any atom is -0.444 e. The number of hydrogen-bond donors (Lipinski definition) is 6. The molecule has 16 nitrogen and oxygen atoms in total. The summed E-state index contributed by atoms with van der Waals surface area (Å²) < 4.78 is 10.7. The van der Waals surface area contributed by atoms with E-state index in [2.05, 4.69) is 104 Å². The molecule has 394 valence electrons. The van der Waals surface area contributed by atoms with E-state index in [1.54, 1.807) is 55.6 Å². The molecule has 0 saturated carbocycles. The first-order valence-corrected chi connectivity index (χ1v) is 26.0. The van der Waals surface area contributed by atoms with Crippen molar-refractivity contribution in [3.05, 3.63) is 68.8 Å². The standard InChI is InChI=1S/C56H83N9O7/c1-16-37-34(5)45-31-48-38(17-2)33(4)44(60-48)30-46-35(6)39(50(63-46)36(7)43-28-32(3)42(59-43)29-47(37)61-45)24-25-49(66)62-40(22-18-20-26-57-53(69)71-55(8,9)10)51(67)64-41(52(68)65(14)15)23-19-21-27-58-54(70)72-56(11,12)13/h28-31,35,39-41,60-61H,16-27H2,1-15H3,(H,57,69)(H,58,70)(H,62,66)(H,64,67)/t35-,39-,40-,41-/m0/s1. The molecule has 0 aliphatic carbocycles. The van der Waals surface area contributed by atoms with Crippen molar-refractivity contribution in [3.8, 4) is 0 Å². The maximum Gasteiger partial charge on any atom is 0.407 e. The van der Waals surface area contributed by atoms with E-state index in [1.165, 1.54) is 27.2 Å². The Morgan fingerprint density at radius 2 is 1.22 bits per heavy atom. The maximum atomic E-state index is 14.2. The molecule has 5 heterocycles. The zero-order valence-corrected chi connectivity index (χ0v) is 45.8. The number of aromatic nitrogens is 4. The van der Waals surface area contributed by atoms with Crippen molar-refractivity contribution in [1.29, 1.82) is 0 Å². The predicted octanol–water partition coefficient (Wildman–Crippen LogP) is 10.0. The van der Waals surface area contributed by atoms with Crippen LogP contribution in [0, 0.1) is 20.8 Å². The van der Waals surface area contributed by atoms with Gasteiger partial charge in [0.1, 0.15) is 23.3 Å². The average Bonchev–Trinajstić information content (AvgIpc) is 3.99. The molecule has 5 amide bonds. The lowest BCUT2D eigenvalue weighted by molar-refractivity contribution is -0.136. The lowest BCUT2D eigenvalue weighted by Gasteiger charge is -2.25. The Morgan fingerprint density at radius 1 is 0.694 bits per heavy atom. The van der Waals surface area contributed by atoms with E-state index < -0.39 is 41.4 Å². The topological polar surface area (TPSA) is 213 Å². The third-order valence-electron chi connectivity index (χ3n) is 13.5. The first-order chi connectivity index (χ1) is 33.8. The second-order valence-corrected chi connectivity index (χ2v) is 21.7. The minimum absolute atomic E-state index is 0.0469. The molecular formula is C56H83N9O7. The van der Waals surface area contributed by atoms with E-state index in [4.69, 9.17) is 19.4 Å². The first-order valence-electron chi connectivity index (χ1n) is 26.0. The second-order valence-electron chi connectivity index (χ2n) is 21.7. The summed E-state index contributed by atoms with van der Waals surface area (Å²) in [6.07, 6.45) is 6.03. The van der Waals surface area contributed by atoms with E-state index in [0.29, 0.717) is 51.6 Å². The molecule has 4 atom stereocenters. The van der Waals surface area contributed by atoms with Gasteiger partial charge in [-0.05, 0) is 185 Å². The van der Waals surface area contributed by atoms with E-state index in [0.717, 1.165) is 68.8 Å². The normalized spacial score (nSPS) is 15.5. The van der Waals surface area contributed by atoms with Crippen LogP contribution in [0.5, 0.6) is 0 Å². The highest BCUT2D eigenvalue weighted by atomic mass is 16.6. The van der Waals surface area contributed by atoms with Crippen LogP contribution in [0.25, 0.3) is 33.7 Å². The van der Waals surface area contributed by atoms with Crippen LogP contribution in [0.2, 0.25) is 0 Å². The van der Waals surface area contributed by atoms with Gasteiger partial charge in [-0.25, -0.2) is 14.6 Å². The van der Waals surface area contributed by atoms with Gasteiger partial charge in [0.05, 0.1) is 11.4 Å². The molecule has 2 aliphatic rings. The summed E-state index contributed by atoms with van der Waals surface area (Å²) >= 11 is 0. The summed E-state index contributed by atoms with van der Waals surface area (Å²) in [5.41, 5.74) is 13.3. The largest absolute Gasteiger partial charge is 0.444 e. The highest BCUT2D eigenvalue weighted by Crippen LogP contribution is 2.42. The molecule has 5 rings (SSSR count). The second kappa shape index (κ2) is 24.5. The van der Waals surface area contributed by atoms with Gasteiger partial charge in [-0.3, -0.25) is 19.4 Å². The molecule has 3 aromatic heterocycles. The number of allylic oxidation sites excluding steroid dienone is 1. The lowest BCUT2D eigenvalue weighted by Crippen LogP contribution is -2.53. The van der Waals surface area contributed by atoms with Gasteiger partial charge in [0.15, 0.2) is 0 Å². The number of likely N-dealkylation sites (N-methyl/N-ethyl adjacent to an activating group) is 1. The molecule has 2 aliphatic heterocycles. The quantitative estimate of drug-likeness (QED) is 0.0630. The summed E-state index contributed by atoms with van der Waals surface area (Å²) in [6.45, 7) is 26.4. The fourth-order valence-corrected chi connectivity index (χ4v) is 9.53. The number of alkyl carbamates (subject to hydrolysis) is 2. The zero-order valence-electron chi connectivity index (χ0n) is 45.8. The summed E-state index contributed by atoms with van der Waals surface area (Å²) in [7, 11) is 3.26. The minimum atomic E-state index is -0.959. The number of nitrogens with zero attached hydrogens (tertiary/aromatic N) is 3. The van der Waals surface area contributed by atoms with Crippen molar-refractivity contribution >= 4 is 63.6 Å². The van der Waals surface area contributed by atoms with Gasteiger partial charge < -0.3 is 45.6 Å². The fourth-order valence-electron chi connectivity index (χ4n) is 9.53. The van der Waals surface area contributed by atoms with Crippen LogP contribution >= 0.6 is 0 Å². The van der Waals surface area contributed by atoms with Crippen molar-refractivity contribution in [3.63, 3.8) is 0 Å². The number of unbranched alkanes of at least 4 members (excludes halogenated alkanes) is 2. The summed E-state index contributed by atoms with van der Waals surface area (Å²) in [6, 6.07) is 4.70. The van der Waals surface area contributed by atoms with E-state index in [9.17, 15) is 24.0 Å². The van der Waals surface area contributed by atoms with Crippen LogP contribution in [0.1, 0.15) is 183 Å². The van der Waals surface area contributed by atoms with Gasteiger partial charge >= 0.3 is 12.2 Å². The molecule has 72 heavy (non-hydrogen) atoms. The fraction of sp³-hybridized carbons (Fsp3) is 0.589. The van der Waals surface area contributed by atoms with Crippen LogP contribution in [-0.4, -0.2) is 105 Å². The van der Waals surface area contributed by atoms with E-state index in [-0.39, 0.29) is 36.5 Å². The number of rotatable bonds is 19. The Labute approximate surface area is 427 Å². The predicted molar refractivity (Wildman–Crippen MR) is 287 cm³/mol. The SMILES string of the molecule is CCc1c(C)c2cc3[nH]c(cc4nc(c(C)c5nc(cc1[nH]2)C(C)=C5)[C@@H](CCC(=O)N[C@@H](CCCCNC(=O)OC(C)(C)C)C(=O)N[C@@H](CCCCNC(=O)OC(C)(C)C)C(=O)N(C)C)[C@@H]4C)c(C)c3CC. The number of carbonyl (C=O) groups is 5. The molecule has 6 N–H and O–H groups in total. The van der Waals surface area contributed by atoms with E-state index >= 15 is 0 Å². The van der Waals surface area contributed by atoms with E-state index in [1.807, 2.05) is 0 Å². The number of amides is 5. The van der Waals surface area contributed by atoms with Crippen LogP contribution in [0.15, 0.2) is 18.2 Å². The molecule has 0 spiro atoms. The Morgan fingerprint density at radius 3 is 1.75 bits per heavy atom. The number of nitrogens with one attached hydrogen (secondary N) is 6. The smallest absolute Gasteiger partial charge is 0.407 e. The summed E-state index contributed by atoms with van der Waals surface area (Å²) in [5.74, 6) is -1.24. The van der Waals surface area contributed by atoms with Crippen LogP contribution < -0.4 is 21.3 Å². The molecule has 0 aromatic carbocycles. The third kappa shape index (κ3) is 15.2. The Kier molecular flexibility index (Phi) is 19.3. The van der Waals surface area contributed by atoms with Crippen molar-refractivity contribution in [2.24, 2.45) is 0 Å². The lowest BCUT2D eigenvalue weighted by atomic mass is 9.85. The first kappa shape index (κ1) is 56.7. The van der Waals surface area contributed by atoms with Crippen molar-refractivity contribution in [2.45, 2.75) is 189 Å². The molecule has 3 aromatic rings. The van der Waals surface area contributed by atoms with Gasteiger partial charge in [0, 0.05) is 78.9 Å². The number of carbonyl (C=O) groups excluding carboxylic acids is 5. The Bertz CT molecular complexity index is 2670. The van der Waals surface area contributed by atoms with Gasteiger partial charge in [0.25, 0.3) is 0 Å². The third-order valence-corrected chi connectivity index (χ3v) is 13.5. The summed E-state index contributed by atoms with van der Waals surface area (Å²) in [5, 5.41) is 11.5. The van der Waals surface area contributed by atoms with Crippen LogP contribution in [0.3, 0.4) is 0 Å². The Balaban J connectivity index is 1.41. The number of fused-ring (bicyclic) bond motifs is 8. The van der Waals surface area contributed by atoms with Crippen LogP contribution in [-0.2, 0) is 36.7 Å². The number of ether oxygens (including phenoxy) is 2. The highest BCUT2D eigenvalue weighted by molar-refractivity contribution is 5.92. The van der Waals surface area contributed by atoms with Gasteiger partial charge in [-0.15, -0.1) is 0 Å². The average molecular weight is 994 g/mol. The summed E-state index contributed by atoms with van der Waals surface area (Å²) in [4.78, 5) is 85.8. The van der Waals surface area contributed by atoms with Crippen molar-refractivity contribution < 1.29 is 33.4 Å². The van der Waals surface area contributed by atoms with Crippen LogP contribution in [0.4, 0.5) is 9.59 Å². The zero-order chi connectivity index (χ0) is 53.2. The van der Waals surface area contributed by atoms with Gasteiger partial charge in [-0.2, -0.15) is 0 Å². The molecular weight excluding hydrogens is 911 g/mol. The van der Waals surface area contributed by atoms with Crippen molar-refractivity contribution in [1.82, 2.24) is 46.1 Å². The number of aryl methyl sites for hydroxylation is 4. The molecule has 0 saturated heterocycles. The number of H-pyrrole nitrogens is 2. The van der Waals surface area contributed by atoms with Crippen molar-refractivity contribution in [2.75, 3.05) is 27.2 Å². The Hall–Kier alpha value is -6.19. The van der Waals surface area contributed by atoms with Gasteiger partial charge in [-0.1, -0.05) is 20.8 Å². The molecule has 0 radical (unpaired) electrons. The monoisotopic (exact) mass is 994 g/mol. The molecule has 0 fully saturated rings. The molecule has 0 unspecified atom stereocenters. The highest BCUT2D eigenvalue weighted by Gasteiger charge is 2.33. The maximum absolute atomic E-state index is 14.2. The molecule has 16 heteroatoms. The van der Waals surface area contributed by atoms with Gasteiger partial charge in [0.2, 0.25) is 17.7 Å². The number of hydrogen-bond acceptors (Lipinski definition) is 9. The number of aromatic amines is 2.